The summed E-state index contributed by atoms with van der Waals surface area (Å²) in [7, 11) is -3.98. The molecule has 1 saturated heterocycles. The van der Waals surface area contributed by atoms with E-state index in [1.165, 1.54) is 6.07 Å². The summed E-state index contributed by atoms with van der Waals surface area (Å²) < 4.78 is 37.3. The van der Waals surface area contributed by atoms with E-state index in [9.17, 15) is 13.5 Å². The van der Waals surface area contributed by atoms with E-state index in [2.05, 4.69) is 25.1 Å². The number of hydrogen-bond acceptors (Lipinski definition) is 9. The fourth-order valence-electron chi connectivity index (χ4n) is 2.94. The van der Waals surface area contributed by atoms with Gasteiger partial charge >= 0.3 is 0 Å². The standard InChI is InChI=1S/C14H15N5O5S/c1-2-12-15-14(23-17-12)10-6-8(20)7-19(10)25(21,22)11-5-3-4-9-13(11)18-24-16-9/h3-5,8,10,20H,2,6-7H2,1H3/t8-,10+/m0/s1. The summed E-state index contributed by atoms with van der Waals surface area (Å²) >= 11 is 0. The first-order chi connectivity index (χ1) is 12.0. The SMILES string of the molecule is CCc1noc([C@H]2C[C@H](O)CN2S(=O)(=O)c2cccc3nonc23)n1. The van der Waals surface area contributed by atoms with Crippen molar-refractivity contribution in [3.8, 4) is 0 Å². The molecule has 10 nitrogen and oxygen atoms in total. The van der Waals surface area contributed by atoms with Crippen LogP contribution in [0.4, 0.5) is 0 Å². The third-order valence-corrected chi connectivity index (χ3v) is 6.06. The first-order valence-corrected chi connectivity index (χ1v) is 9.18. The van der Waals surface area contributed by atoms with Gasteiger partial charge in [0.05, 0.1) is 6.10 Å². The number of sulfonamides is 1. The number of benzene rings is 1. The molecule has 0 aliphatic carbocycles. The zero-order valence-corrected chi connectivity index (χ0v) is 14.0. The first kappa shape index (κ1) is 16.1. The molecule has 0 amide bonds. The van der Waals surface area contributed by atoms with Crippen LogP contribution in [0.25, 0.3) is 11.0 Å². The number of fused-ring (bicyclic) bond motifs is 1. The smallest absolute Gasteiger partial charge is 0.246 e. The lowest BCUT2D eigenvalue weighted by Crippen LogP contribution is -2.32. The number of aromatic nitrogens is 4. The minimum Gasteiger partial charge on any atom is -0.392 e. The highest BCUT2D eigenvalue weighted by atomic mass is 32.2. The van der Waals surface area contributed by atoms with Crippen molar-refractivity contribution in [1.29, 1.82) is 0 Å². The Morgan fingerprint density at radius 3 is 2.92 bits per heavy atom. The molecule has 4 rings (SSSR count). The van der Waals surface area contributed by atoms with Gasteiger partial charge in [-0.05, 0) is 22.4 Å². The molecule has 1 aliphatic rings. The van der Waals surface area contributed by atoms with Gasteiger partial charge in [-0.1, -0.05) is 18.1 Å². The van der Waals surface area contributed by atoms with Gasteiger partial charge in [-0.2, -0.15) is 9.29 Å². The van der Waals surface area contributed by atoms with Crippen molar-refractivity contribution in [3.05, 3.63) is 29.9 Å². The molecule has 2 atom stereocenters. The zero-order chi connectivity index (χ0) is 17.6. The van der Waals surface area contributed by atoms with Crippen LogP contribution in [-0.4, -0.2) is 50.9 Å². The summed E-state index contributed by atoms with van der Waals surface area (Å²) in [5.41, 5.74) is 0.478. The van der Waals surface area contributed by atoms with E-state index in [4.69, 9.17) is 4.52 Å². The first-order valence-electron chi connectivity index (χ1n) is 7.74. The van der Waals surface area contributed by atoms with Crippen molar-refractivity contribution in [2.75, 3.05) is 6.54 Å². The van der Waals surface area contributed by atoms with Crippen LogP contribution < -0.4 is 0 Å². The predicted octanol–water partition coefficient (Wildman–Crippen LogP) is 0.665. The number of nitrogens with zero attached hydrogens (tertiary/aromatic N) is 5. The van der Waals surface area contributed by atoms with E-state index >= 15 is 0 Å². The molecule has 11 heteroatoms. The summed E-state index contributed by atoms with van der Waals surface area (Å²) in [6.45, 7) is 1.80. The van der Waals surface area contributed by atoms with Gasteiger partial charge in [0, 0.05) is 19.4 Å². The molecule has 1 fully saturated rings. The molecule has 0 unspecified atom stereocenters. The van der Waals surface area contributed by atoms with Gasteiger partial charge in [0.2, 0.25) is 15.9 Å². The van der Waals surface area contributed by atoms with E-state index < -0.39 is 22.2 Å². The topological polar surface area (TPSA) is 135 Å². The third kappa shape index (κ3) is 2.60. The van der Waals surface area contributed by atoms with E-state index in [1.54, 1.807) is 12.1 Å². The van der Waals surface area contributed by atoms with Crippen LogP contribution in [0.5, 0.6) is 0 Å². The fraction of sp³-hybridized carbons (Fsp3) is 0.429. The summed E-state index contributed by atoms with van der Waals surface area (Å²) in [6.07, 6.45) is -0.0843. The van der Waals surface area contributed by atoms with Gasteiger partial charge in [0.25, 0.3) is 0 Å². The van der Waals surface area contributed by atoms with Crippen LogP contribution in [0.1, 0.15) is 31.1 Å². The van der Waals surface area contributed by atoms with Gasteiger partial charge in [-0.3, -0.25) is 0 Å². The summed E-state index contributed by atoms with van der Waals surface area (Å²) in [5, 5.41) is 21.2. The second kappa shape index (κ2) is 5.86. The highest BCUT2D eigenvalue weighted by molar-refractivity contribution is 7.89. The minimum atomic E-state index is -3.98. The maximum absolute atomic E-state index is 13.2. The molecule has 25 heavy (non-hydrogen) atoms. The van der Waals surface area contributed by atoms with Crippen LogP contribution in [-0.2, 0) is 16.4 Å². The van der Waals surface area contributed by atoms with Crippen LogP contribution in [0.2, 0.25) is 0 Å². The minimum absolute atomic E-state index is 0.0411. The molecule has 1 N–H and O–H groups in total. The lowest BCUT2D eigenvalue weighted by Gasteiger charge is -2.21. The Morgan fingerprint density at radius 1 is 1.32 bits per heavy atom. The van der Waals surface area contributed by atoms with Crippen LogP contribution in [0.3, 0.4) is 0 Å². The quantitative estimate of drug-likeness (QED) is 0.707. The van der Waals surface area contributed by atoms with Crippen molar-refractivity contribution in [2.24, 2.45) is 0 Å². The molecule has 3 aromatic rings. The van der Waals surface area contributed by atoms with Gasteiger partial charge in [0.1, 0.15) is 16.5 Å². The van der Waals surface area contributed by atoms with Crippen molar-refractivity contribution in [3.63, 3.8) is 0 Å². The Balaban J connectivity index is 1.79. The highest BCUT2D eigenvalue weighted by Crippen LogP contribution is 2.37. The van der Waals surface area contributed by atoms with Crippen LogP contribution >= 0.6 is 0 Å². The van der Waals surface area contributed by atoms with Crippen LogP contribution in [0, 0.1) is 0 Å². The molecular formula is C14H15N5O5S. The van der Waals surface area contributed by atoms with Gasteiger partial charge in [0.15, 0.2) is 11.3 Å². The Labute approximate surface area is 142 Å². The fourth-order valence-corrected chi connectivity index (χ4v) is 4.71. The number of hydrogen-bond donors (Lipinski definition) is 1. The molecule has 3 heterocycles. The van der Waals surface area contributed by atoms with E-state index in [0.717, 1.165) is 4.31 Å². The van der Waals surface area contributed by atoms with Crippen molar-refractivity contribution in [2.45, 2.75) is 36.8 Å². The summed E-state index contributed by atoms with van der Waals surface area (Å²) in [4.78, 5) is 4.17. The van der Waals surface area contributed by atoms with Gasteiger partial charge < -0.3 is 9.63 Å². The van der Waals surface area contributed by atoms with Crippen molar-refractivity contribution < 1.29 is 22.7 Å². The van der Waals surface area contributed by atoms with Crippen LogP contribution in [0.15, 0.2) is 32.2 Å². The molecule has 132 valence electrons. The lowest BCUT2D eigenvalue weighted by atomic mass is 10.2. The third-order valence-electron chi connectivity index (χ3n) is 4.15. The molecule has 0 bridgehead atoms. The Morgan fingerprint density at radius 2 is 2.16 bits per heavy atom. The predicted molar refractivity (Wildman–Crippen MR) is 82.7 cm³/mol. The van der Waals surface area contributed by atoms with E-state index in [1.807, 2.05) is 6.92 Å². The Kier molecular flexibility index (Phi) is 3.78. The number of β-amino-alcohol motifs (C(OH)–C–C–N with tert-alkyl or cyclic N) is 1. The highest BCUT2D eigenvalue weighted by Gasteiger charge is 2.44. The Bertz CT molecular complexity index is 1010. The molecular weight excluding hydrogens is 350 g/mol. The average molecular weight is 365 g/mol. The normalized spacial score (nSPS) is 22.0. The number of rotatable bonds is 4. The molecule has 0 radical (unpaired) electrons. The second-order valence-electron chi connectivity index (χ2n) is 5.77. The second-order valence-corrected chi connectivity index (χ2v) is 7.63. The van der Waals surface area contributed by atoms with E-state index in [0.29, 0.717) is 17.8 Å². The van der Waals surface area contributed by atoms with Crippen molar-refractivity contribution in [1.82, 2.24) is 24.8 Å². The molecule has 1 aromatic carbocycles. The summed E-state index contributed by atoms with van der Waals surface area (Å²) in [5.74, 6) is 0.652. The zero-order valence-electron chi connectivity index (χ0n) is 13.2. The number of aliphatic hydroxyl groups is 1. The summed E-state index contributed by atoms with van der Waals surface area (Å²) in [6, 6.07) is 3.85. The molecule has 0 saturated carbocycles. The largest absolute Gasteiger partial charge is 0.392 e. The van der Waals surface area contributed by atoms with Crippen molar-refractivity contribution >= 4 is 21.1 Å². The molecule has 2 aromatic heterocycles. The maximum Gasteiger partial charge on any atom is 0.246 e. The van der Waals surface area contributed by atoms with Gasteiger partial charge in [-0.25, -0.2) is 13.0 Å². The van der Waals surface area contributed by atoms with Gasteiger partial charge in [-0.15, -0.1) is 0 Å². The maximum atomic E-state index is 13.2. The monoisotopic (exact) mass is 365 g/mol. The molecule has 1 aliphatic heterocycles. The van der Waals surface area contributed by atoms with E-state index in [-0.39, 0.29) is 29.3 Å². The average Bonchev–Trinajstić information content (AvgIpc) is 3.32. The Hall–Kier alpha value is -2.37. The molecule has 0 spiro atoms. The number of aliphatic hydroxyl groups excluding tert-OH is 1. The lowest BCUT2D eigenvalue weighted by molar-refractivity contribution is 0.188. The number of aryl methyl sites for hydroxylation is 1.